The first-order valence-corrected chi connectivity index (χ1v) is 7.02. The van der Waals surface area contributed by atoms with Crippen LogP contribution in [0.25, 0.3) is 0 Å². The minimum Gasteiger partial charge on any atom is -0.327 e. The SMILES string of the molecule is CC(C)(C)N1CCC2(CC1)c1c[nH+][nH]c1C[C@H]2N. The van der Waals surface area contributed by atoms with Crippen molar-refractivity contribution in [2.45, 2.75) is 57.0 Å². The van der Waals surface area contributed by atoms with Crippen molar-refractivity contribution in [2.75, 3.05) is 13.1 Å². The van der Waals surface area contributed by atoms with Crippen molar-refractivity contribution in [3.05, 3.63) is 17.5 Å². The van der Waals surface area contributed by atoms with E-state index in [1.165, 1.54) is 24.1 Å². The number of nitrogens with two attached hydrogens (primary N) is 1. The van der Waals surface area contributed by atoms with Crippen LogP contribution in [-0.4, -0.2) is 34.7 Å². The second kappa shape index (κ2) is 3.81. The Bertz CT molecular complexity index is 435. The van der Waals surface area contributed by atoms with E-state index in [9.17, 15) is 0 Å². The number of hydrogen-bond donors (Lipinski definition) is 2. The van der Waals surface area contributed by atoms with Gasteiger partial charge in [0.1, 0.15) is 0 Å². The zero-order chi connectivity index (χ0) is 13.0. The van der Waals surface area contributed by atoms with E-state index in [1.54, 1.807) is 0 Å². The number of aromatic amines is 2. The highest BCUT2D eigenvalue weighted by Gasteiger charge is 2.50. The first-order chi connectivity index (χ1) is 8.43. The molecule has 1 fully saturated rings. The van der Waals surface area contributed by atoms with Gasteiger partial charge in [0.2, 0.25) is 0 Å². The van der Waals surface area contributed by atoms with Crippen molar-refractivity contribution in [3.63, 3.8) is 0 Å². The Hall–Kier alpha value is -0.870. The van der Waals surface area contributed by atoms with Gasteiger partial charge in [0.25, 0.3) is 0 Å². The summed E-state index contributed by atoms with van der Waals surface area (Å²) >= 11 is 0. The molecule has 1 aliphatic heterocycles. The number of nitrogens with zero attached hydrogens (tertiary/aromatic N) is 1. The molecular formula is C14H25N4+. The predicted molar refractivity (Wildman–Crippen MR) is 71.3 cm³/mol. The first-order valence-electron chi connectivity index (χ1n) is 7.02. The van der Waals surface area contributed by atoms with E-state index in [1.807, 2.05) is 0 Å². The molecule has 18 heavy (non-hydrogen) atoms. The molecule has 0 aromatic carbocycles. The van der Waals surface area contributed by atoms with Crippen LogP contribution in [0.5, 0.6) is 0 Å². The fourth-order valence-corrected chi connectivity index (χ4v) is 3.79. The molecule has 1 atom stereocenters. The van der Waals surface area contributed by atoms with E-state index in [-0.39, 0.29) is 17.0 Å². The summed E-state index contributed by atoms with van der Waals surface area (Å²) in [4.78, 5) is 2.58. The molecule has 3 rings (SSSR count). The zero-order valence-corrected chi connectivity index (χ0v) is 11.7. The molecule has 0 unspecified atom stereocenters. The summed E-state index contributed by atoms with van der Waals surface area (Å²) in [5.41, 5.74) is 9.71. The Morgan fingerprint density at radius 2 is 2.06 bits per heavy atom. The third-order valence-electron chi connectivity index (χ3n) is 5.04. The largest absolute Gasteiger partial charge is 0.327 e. The lowest BCUT2D eigenvalue weighted by Gasteiger charge is -2.46. The third kappa shape index (κ3) is 1.62. The van der Waals surface area contributed by atoms with Crippen LogP contribution in [-0.2, 0) is 11.8 Å². The molecule has 1 aromatic heterocycles. The molecule has 0 amide bonds. The van der Waals surface area contributed by atoms with E-state index in [2.05, 4.69) is 42.1 Å². The lowest BCUT2D eigenvalue weighted by atomic mass is 9.71. The van der Waals surface area contributed by atoms with Crippen LogP contribution in [0.1, 0.15) is 44.9 Å². The average Bonchev–Trinajstić information content (AvgIpc) is 2.83. The monoisotopic (exact) mass is 249 g/mol. The van der Waals surface area contributed by atoms with Gasteiger partial charge in [-0.25, -0.2) is 0 Å². The molecule has 0 saturated carbocycles. The van der Waals surface area contributed by atoms with Gasteiger partial charge in [-0.15, -0.1) is 5.10 Å². The molecular weight excluding hydrogens is 224 g/mol. The number of nitrogens with one attached hydrogen (secondary N) is 2. The highest BCUT2D eigenvalue weighted by molar-refractivity contribution is 5.36. The number of fused-ring (bicyclic) bond motifs is 2. The number of hydrogen-bond acceptors (Lipinski definition) is 2. The van der Waals surface area contributed by atoms with Gasteiger partial charge >= 0.3 is 0 Å². The Morgan fingerprint density at radius 3 is 2.67 bits per heavy atom. The maximum absolute atomic E-state index is 6.44. The smallest absolute Gasteiger partial charge is 0.196 e. The van der Waals surface area contributed by atoms with E-state index in [0.717, 1.165) is 19.5 Å². The van der Waals surface area contributed by atoms with Gasteiger partial charge < -0.3 is 5.73 Å². The van der Waals surface area contributed by atoms with Crippen molar-refractivity contribution in [2.24, 2.45) is 5.73 Å². The van der Waals surface area contributed by atoms with E-state index in [0.29, 0.717) is 0 Å². The average molecular weight is 249 g/mol. The molecule has 4 N–H and O–H groups in total. The topological polar surface area (TPSA) is 59.2 Å². The second-order valence-electron chi connectivity index (χ2n) is 6.93. The molecule has 4 nitrogen and oxygen atoms in total. The summed E-state index contributed by atoms with van der Waals surface area (Å²) in [6.07, 6.45) is 5.50. The maximum atomic E-state index is 6.44. The Balaban J connectivity index is 1.84. The van der Waals surface area contributed by atoms with Gasteiger partial charge in [0.15, 0.2) is 6.20 Å². The molecule has 2 heterocycles. The Morgan fingerprint density at radius 1 is 1.39 bits per heavy atom. The molecule has 1 spiro atoms. The van der Waals surface area contributed by atoms with Gasteiger partial charge in [-0.2, -0.15) is 5.10 Å². The molecule has 100 valence electrons. The summed E-state index contributed by atoms with van der Waals surface area (Å²) in [7, 11) is 0. The molecule has 2 aliphatic rings. The molecule has 4 heteroatoms. The van der Waals surface area contributed by atoms with Gasteiger partial charge in [-0.05, 0) is 46.7 Å². The van der Waals surface area contributed by atoms with Crippen molar-refractivity contribution in [1.29, 1.82) is 0 Å². The molecule has 1 aliphatic carbocycles. The number of H-pyrrole nitrogens is 2. The van der Waals surface area contributed by atoms with Crippen LogP contribution in [0, 0.1) is 0 Å². The van der Waals surface area contributed by atoms with Crippen molar-refractivity contribution >= 4 is 0 Å². The quantitative estimate of drug-likeness (QED) is 0.716. The Kier molecular flexibility index (Phi) is 2.58. The van der Waals surface area contributed by atoms with Crippen molar-refractivity contribution in [1.82, 2.24) is 10.00 Å². The summed E-state index contributed by atoms with van der Waals surface area (Å²) in [5, 5.41) is 6.38. The summed E-state index contributed by atoms with van der Waals surface area (Å²) < 4.78 is 0. The molecule has 1 aromatic rings. The second-order valence-corrected chi connectivity index (χ2v) is 6.93. The van der Waals surface area contributed by atoms with Crippen molar-refractivity contribution in [3.8, 4) is 0 Å². The minimum atomic E-state index is 0.216. The molecule has 0 radical (unpaired) electrons. The standard InChI is InChI=1S/C14H24N4/c1-13(2,3)18-6-4-14(5-7-18)10-9-16-17-11(10)8-12(14)15/h9,12H,4-8,15H2,1-3H3,(H,16,17)/p+1/t12-/m1/s1. The maximum Gasteiger partial charge on any atom is 0.196 e. The van der Waals surface area contributed by atoms with Crippen LogP contribution in [0.3, 0.4) is 0 Å². The van der Waals surface area contributed by atoms with Crippen LogP contribution in [0.15, 0.2) is 6.20 Å². The van der Waals surface area contributed by atoms with Crippen LogP contribution in [0.2, 0.25) is 0 Å². The number of aromatic nitrogens is 2. The van der Waals surface area contributed by atoms with Gasteiger partial charge in [0.05, 0.1) is 11.3 Å². The summed E-state index contributed by atoms with van der Waals surface area (Å²) in [5.74, 6) is 0. The lowest BCUT2D eigenvalue weighted by molar-refractivity contribution is -0.450. The van der Waals surface area contributed by atoms with Crippen LogP contribution in [0.4, 0.5) is 0 Å². The third-order valence-corrected chi connectivity index (χ3v) is 5.04. The highest BCUT2D eigenvalue weighted by atomic mass is 15.2. The summed E-state index contributed by atoms with van der Waals surface area (Å²) in [6, 6.07) is 0.287. The minimum absolute atomic E-state index is 0.216. The number of likely N-dealkylation sites (tertiary alicyclic amines) is 1. The zero-order valence-electron chi connectivity index (χ0n) is 11.7. The van der Waals surface area contributed by atoms with Gasteiger partial charge in [0, 0.05) is 23.4 Å². The first kappa shape index (κ1) is 12.2. The normalized spacial score (nSPS) is 27.7. The van der Waals surface area contributed by atoms with Crippen molar-refractivity contribution < 1.29 is 5.10 Å². The van der Waals surface area contributed by atoms with E-state index < -0.39 is 0 Å². The Labute approximate surface area is 109 Å². The number of rotatable bonds is 0. The fraction of sp³-hybridized carbons (Fsp3) is 0.786. The molecule has 0 bridgehead atoms. The van der Waals surface area contributed by atoms with Gasteiger partial charge in [-0.1, -0.05) is 0 Å². The van der Waals surface area contributed by atoms with E-state index in [4.69, 9.17) is 5.73 Å². The van der Waals surface area contributed by atoms with Crippen LogP contribution >= 0.6 is 0 Å². The number of piperidine rings is 1. The fourth-order valence-electron chi connectivity index (χ4n) is 3.79. The molecule has 1 saturated heterocycles. The van der Waals surface area contributed by atoms with Crippen LogP contribution < -0.4 is 10.8 Å². The lowest BCUT2D eigenvalue weighted by Crippen LogP contribution is -2.54. The summed E-state index contributed by atoms with van der Waals surface area (Å²) in [6.45, 7) is 9.21. The predicted octanol–water partition coefficient (Wildman–Crippen LogP) is 0.844. The highest BCUT2D eigenvalue weighted by Crippen LogP contribution is 2.45. The van der Waals surface area contributed by atoms with E-state index >= 15 is 0 Å². The van der Waals surface area contributed by atoms with Gasteiger partial charge in [-0.3, -0.25) is 4.90 Å².